The van der Waals surface area contributed by atoms with Gasteiger partial charge in [-0.05, 0) is 44.2 Å². The number of hydrogen-bond donors (Lipinski definition) is 2. The van der Waals surface area contributed by atoms with Crippen LogP contribution in [0.1, 0.15) is 38.5 Å². The van der Waals surface area contributed by atoms with Gasteiger partial charge in [0.1, 0.15) is 0 Å². The summed E-state index contributed by atoms with van der Waals surface area (Å²) in [6, 6.07) is 0. The van der Waals surface area contributed by atoms with Crippen molar-refractivity contribution in [1.29, 1.82) is 0 Å². The van der Waals surface area contributed by atoms with Crippen LogP contribution in [0.25, 0.3) is 0 Å². The summed E-state index contributed by atoms with van der Waals surface area (Å²) in [6.07, 6.45) is 9.46. The van der Waals surface area contributed by atoms with Crippen LogP contribution in [-0.4, -0.2) is 24.3 Å². The van der Waals surface area contributed by atoms with Crippen LogP contribution >= 0.6 is 0 Å². The average Bonchev–Trinajstić information content (AvgIpc) is 2.59. The second kappa shape index (κ2) is 4.94. The fourth-order valence-electron chi connectivity index (χ4n) is 2.56. The molecule has 0 amide bonds. The minimum atomic E-state index is -0.164. The van der Waals surface area contributed by atoms with Gasteiger partial charge in [0.15, 0.2) is 0 Å². The topological polar surface area (TPSA) is 32.3 Å². The molecule has 0 spiro atoms. The first-order valence-corrected chi connectivity index (χ1v) is 5.95. The molecular formula is C12H21NO. The molecule has 1 unspecified atom stereocenters. The third kappa shape index (κ3) is 2.37. The van der Waals surface area contributed by atoms with Gasteiger partial charge in [-0.2, -0.15) is 0 Å². The molecule has 0 aromatic rings. The highest BCUT2D eigenvalue weighted by atomic mass is 16.3. The molecule has 0 saturated carbocycles. The summed E-state index contributed by atoms with van der Waals surface area (Å²) in [5, 5.41) is 13.5. The summed E-state index contributed by atoms with van der Waals surface area (Å²) in [7, 11) is 0. The Kier molecular flexibility index (Phi) is 3.60. The van der Waals surface area contributed by atoms with E-state index in [1.165, 1.54) is 31.3 Å². The SMILES string of the molecule is OC(C1=CCCCCC1)[C@H]1CCNC1. The Morgan fingerprint density at radius 3 is 3.07 bits per heavy atom. The first-order valence-electron chi connectivity index (χ1n) is 5.95. The second-order valence-electron chi connectivity index (χ2n) is 4.58. The normalized spacial score (nSPS) is 30.9. The molecule has 2 atom stereocenters. The molecule has 0 aromatic heterocycles. The van der Waals surface area contributed by atoms with Gasteiger partial charge in [0.25, 0.3) is 0 Å². The van der Waals surface area contributed by atoms with Gasteiger partial charge >= 0.3 is 0 Å². The maximum atomic E-state index is 10.2. The zero-order valence-corrected chi connectivity index (χ0v) is 8.84. The Balaban J connectivity index is 1.94. The first-order chi connectivity index (χ1) is 6.88. The summed E-state index contributed by atoms with van der Waals surface area (Å²) in [4.78, 5) is 0. The van der Waals surface area contributed by atoms with Gasteiger partial charge in [-0.25, -0.2) is 0 Å². The van der Waals surface area contributed by atoms with Crippen LogP contribution in [0.4, 0.5) is 0 Å². The fraction of sp³-hybridized carbons (Fsp3) is 0.833. The van der Waals surface area contributed by atoms with Crippen LogP contribution in [0, 0.1) is 5.92 Å². The van der Waals surface area contributed by atoms with Crippen molar-refractivity contribution in [3.05, 3.63) is 11.6 Å². The molecule has 2 rings (SSSR count). The summed E-state index contributed by atoms with van der Waals surface area (Å²) in [5.41, 5.74) is 1.32. The minimum absolute atomic E-state index is 0.164. The van der Waals surface area contributed by atoms with Gasteiger partial charge in [-0.3, -0.25) is 0 Å². The standard InChI is InChI=1S/C12H21NO/c14-12(11-7-8-13-9-11)10-5-3-1-2-4-6-10/h5,11-14H,1-4,6-9H2/t11-,12?/m0/s1. The molecule has 1 aliphatic carbocycles. The molecule has 2 aliphatic rings. The zero-order chi connectivity index (χ0) is 9.80. The van der Waals surface area contributed by atoms with Crippen molar-refractivity contribution in [2.45, 2.75) is 44.6 Å². The molecule has 2 nitrogen and oxygen atoms in total. The minimum Gasteiger partial charge on any atom is -0.388 e. The van der Waals surface area contributed by atoms with Crippen LogP contribution in [-0.2, 0) is 0 Å². The van der Waals surface area contributed by atoms with Crippen molar-refractivity contribution in [2.24, 2.45) is 5.92 Å². The Labute approximate surface area is 86.4 Å². The largest absolute Gasteiger partial charge is 0.388 e. The number of aliphatic hydroxyl groups excluding tert-OH is 1. The van der Waals surface area contributed by atoms with Crippen LogP contribution in [0.2, 0.25) is 0 Å². The lowest BCUT2D eigenvalue weighted by Crippen LogP contribution is -2.24. The molecule has 0 radical (unpaired) electrons. The average molecular weight is 195 g/mol. The Morgan fingerprint density at radius 2 is 2.29 bits per heavy atom. The van der Waals surface area contributed by atoms with E-state index in [1.54, 1.807) is 0 Å². The van der Waals surface area contributed by atoms with Gasteiger partial charge in [0, 0.05) is 12.5 Å². The highest BCUT2D eigenvalue weighted by Crippen LogP contribution is 2.26. The Hall–Kier alpha value is -0.340. The van der Waals surface area contributed by atoms with Gasteiger partial charge in [0.05, 0.1) is 6.10 Å². The highest BCUT2D eigenvalue weighted by Gasteiger charge is 2.25. The molecule has 2 N–H and O–H groups in total. The van der Waals surface area contributed by atoms with E-state index in [-0.39, 0.29) is 6.10 Å². The van der Waals surface area contributed by atoms with E-state index in [0.717, 1.165) is 25.9 Å². The molecule has 1 saturated heterocycles. The predicted molar refractivity (Wildman–Crippen MR) is 58.2 cm³/mol. The van der Waals surface area contributed by atoms with E-state index in [1.807, 2.05) is 0 Å². The monoisotopic (exact) mass is 195 g/mol. The number of hydrogen-bond acceptors (Lipinski definition) is 2. The molecule has 80 valence electrons. The van der Waals surface area contributed by atoms with E-state index in [9.17, 15) is 5.11 Å². The maximum absolute atomic E-state index is 10.2. The lowest BCUT2D eigenvalue weighted by atomic mass is 9.92. The fourth-order valence-corrected chi connectivity index (χ4v) is 2.56. The Bertz CT molecular complexity index is 206. The van der Waals surface area contributed by atoms with Crippen molar-refractivity contribution in [2.75, 3.05) is 13.1 Å². The highest BCUT2D eigenvalue weighted by molar-refractivity contribution is 5.11. The lowest BCUT2D eigenvalue weighted by molar-refractivity contribution is 0.147. The summed E-state index contributed by atoms with van der Waals surface area (Å²) >= 11 is 0. The summed E-state index contributed by atoms with van der Waals surface area (Å²) in [5.74, 6) is 0.472. The second-order valence-corrected chi connectivity index (χ2v) is 4.58. The van der Waals surface area contributed by atoms with Crippen LogP contribution in [0.15, 0.2) is 11.6 Å². The smallest absolute Gasteiger partial charge is 0.0790 e. The van der Waals surface area contributed by atoms with Gasteiger partial charge in [-0.15, -0.1) is 0 Å². The van der Waals surface area contributed by atoms with Crippen molar-refractivity contribution >= 4 is 0 Å². The van der Waals surface area contributed by atoms with Crippen LogP contribution < -0.4 is 5.32 Å². The maximum Gasteiger partial charge on any atom is 0.0790 e. The lowest BCUT2D eigenvalue weighted by Gasteiger charge is -2.20. The number of allylic oxidation sites excluding steroid dienone is 1. The van der Waals surface area contributed by atoms with Crippen LogP contribution in [0.3, 0.4) is 0 Å². The van der Waals surface area contributed by atoms with Gasteiger partial charge in [-0.1, -0.05) is 12.5 Å². The van der Waals surface area contributed by atoms with Gasteiger partial charge < -0.3 is 10.4 Å². The molecule has 14 heavy (non-hydrogen) atoms. The van der Waals surface area contributed by atoms with Crippen molar-refractivity contribution in [3.63, 3.8) is 0 Å². The van der Waals surface area contributed by atoms with E-state index in [4.69, 9.17) is 0 Å². The zero-order valence-electron chi connectivity index (χ0n) is 8.84. The molecular weight excluding hydrogens is 174 g/mol. The summed E-state index contributed by atoms with van der Waals surface area (Å²) in [6.45, 7) is 2.08. The molecule has 1 fully saturated rings. The molecule has 1 aliphatic heterocycles. The summed E-state index contributed by atoms with van der Waals surface area (Å²) < 4.78 is 0. The number of nitrogens with one attached hydrogen (secondary N) is 1. The number of rotatable bonds is 2. The molecule has 0 aromatic carbocycles. The predicted octanol–water partition coefficient (Wildman–Crippen LogP) is 1.85. The van der Waals surface area contributed by atoms with E-state index >= 15 is 0 Å². The van der Waals surface area contributed by atoms with Crippen molar-refractivity contribution < 1.29 is 5.11 Å². The van der Waals surface area contributed by atoms with Gasteiger partial charge in [0.2, 0.25) is 0 Å². The van der Waals surface area contributed by atoms with Crippen molar-refractivity contribution in [3.8, 4) is 0 Å². The quantitative estimate of drug-likeness (QED) is 0.659. The molecule has 2 heteroatoms. The third-order valence-corrected chi connectivity index (χ3v) is 3.50. The van der Waals surface area contributed by atoms with E-state index < -0.39 is 0 Å². The van der Waals surface area contributed by atoms with E-state index in [2.05, 4.69) is 11.4 Å². The Morgan fingerprint density at radius 1 is 1.36 bits per heavy atom. The first kappa shape index (κ1) is 10.2. The molecule has 1 heterocycles. The van der Waals surface area contributed by atoms with E-state index in [0.29, 0.717) is 5.92 Å². The number of aliphatic hydroxyl groups is 1. The molecule has 0 bridgehead atoms. The van der Waals surface area contributed by atoms with Crippen molar-refractivity contribution in [1.82, 2.24) is 5.32 Å². The van der Waals surface area contributed by atoms with Crippen LogP contribution in [0.5, 0.6) is 0 Å². The third-order valence-electron chi connectivity index (χ3n) is 3.50.